The van der Waals surface area contributed by atoms with E-state index in [-0.39, 0.29) is 24.8 Å². The van der Waals surface area contributed by atoms with Gasteiger partial charge < -0.3 is 15.2 Å². The fraction of sp³-hybridized carbons (Fsp3) is 0.333. The van der Waals surface area contributed by atoms with Crippen molar-refractivity contribution < 1.29 is 19.4 Å². The zero-order chi connectivity index (χ0) is 25.5. The maximum Gasteiger partial charge on any atom is 0.303 e. The summed E-state index contributed by atoms with van der Waals surface area (Å²) in [5.41, 5.74) is 5.49. The molecule has 0 heterocycles. The molecule has 0 unspecified atom stereocenters. The lowest BCUT2D eigenvalue weighted by atomic mass is 9.95. The van der Waals surface area contributed by atoms with E-state index in [1.807, 2.05) is 51.1 Å². The predicted molar refractivity (Wildman–Crippen MR) is 139 cm³/mol. The van der Waals surface area contributed by atoms with E-state index in [0.717, 1.165) is 28.7 Å². The number of rotatable bonds is 10. The number of aliphatic carboxylic acids is 1. The summed E-state index contributed by atoms with van der Waals surface area (Å²) in [6.45, 7) is 10.3. The summed E-state index contributed by atoms with van der Waals surface area (Å²) >= 11 is 0. The fourth-order valence-electron chi connectivity index (χ4n) is 4.29. The molecule has 3 aromatic rings. The third-order valence-electron chi connectivity index (χ3n) is 5.82. The van der Waals surface area contributed by atoms with Gasteiger partial charge in [-0.15, -0.1) is 0 Å². The van der Waals surface area contributed by atoms with E-state index in [0.29, 0.717) is 28.5 Å². The van der Waals surface area contributed by atoms with Gasteiger partial charge in [0.15, 0.2) is 0 Å². The van der Waals surface area contributed by atoms with Gasteiger partial charge in [-0.2, -0.15) is 0 Å². The monoisotopic (exact) mass is 473 g/mol. The molecule has 0 aliphatic carbocycles. The van der Waals surface area contributed by atoms with Crippen LogP contribution in [0.4, 0.5) is 0 Å². The van der Waals surface area contributed by atoms with Gasteiger partial charge in [-0.05, 0) is 86.1 Å². The van der Waals surface area contributed by atoms with Crippen molar-refractivity contribution >= 4 is 11.9 Å². The van der Waals surface area contributed by atoms with Gasteiger partial charge in [0.25, 0.3) is 5.91 Å². The van der Waals surface area contributed by atoms with E-state index < -0.39 is 5.97 Å². The molecule has 35 heavy (non-hydrogen) atoms. The first-order valence-electron chi connectivity index (χ1n) is 12.1. The number of carboxylic acid groups (broad SMARTS) is 1. The largest absolute Gasteiger partial charge is 0.481 e. The molecule has 0 saturated carbocycles. The molecule has 0 fully saturated rings. The summed E-state index contributed by atoms with van der Waals surface area (Å²) in [4.78, 5) is 24.8. The molecule has 0 bridgehead atoms. The number of hydrogen-bond acceptors (Lipinski definition) is 3. The van der Waals surface area contributed by atoms with Crippen LogP contribution in [0.2, 0.25) is 0 Å². The highest BCUT2D eigenvalue weighted by molar-refractivity contribution is 5.96. The normalized spacial score (nSPS) is 11.8. The maximum atomic E-state index is 13.6. The lowest BCUT2D eigenvalue weighted by Crippen LogP contribution is -2.30. The maximum absolute atomic E-state index is 13.6. The Kier molecular flexibility index (Phi) is 8.69. The highest BCUT2D eigenvalue weighted by Crippen LogP contribution is 2.28. The van der Waals surface area contributed by atoms with Crippen molar-refractivity contribution in [3.8, 4) is 11.5 Å². The van der Waals surface area contributed by atoms with Crippen molar-refractivity contribution in [2.75, 3.05) is 0 Å². The molecule has 0 radical (unpaired) electrons. The number of hydrogen-bond donors (Lipinski definition) is 2. The van der Waals surface area contributed by atoms with Crippen molar-refractivity contribution in [1.82, 2.24) is 5.32 Å². The average Bonchev–Trinajstić information content (AvgIpc) is 2.76. The van der Waals surface area contributed by atoms with E-state index in [1.54, 1.807) is 18.2 Å². The zero-order valence-electron chi connectivity index (χ0n) is 21.2. The van der Waals surface area contributed by atoms with Gasteiger partial charge in [-0.3, -0.25) is 9.59 Å². The van der Waals surface area contributed by atoms with Crippen molar-refractivity contribution in [2.45, 2.75) is 59.9 Å². The van der Waals surface area contributed by atoms with Gasteiger partial charge in [0.2, 0.25) is 0 Å². The molecule has 5 nitrogen and oxygen atoms in total. The number of carboxylic acids is 1. The Morgan fingerprint density at radius 3 is 2.23 bits per heavy atom. The summed E-state index contributed by atoms with van der Waals surface area (Å²) in [6, 6.07) is 19.3. The third kappa shape index (κ3) is 7.71. The topological polar surface area (TPSA) is 75.6 Å². The molecule has 1 amide bonds. The van der Waals surface area contributed by atoms with Gasteiger partial charge in [-0.1, -0.05) is 55.8 Å². The molecule has 1 atom stereocenters. The van der Waals surface area contributed by atoms with Crippen LogP contribution >= 0.6 is 0 Å². The second kappa shape index (κ2) is 11.7. The Morgan fingerprint density at radius 2 is 1.60 bits per heavy atom. The zero-order valence-corrected chi connectivity index (χ0v) is 21.2. The van der Waals surface area contributed by atoms with Crippen LogP contribution in [-0.2, 0) is 11.2 Å². The number of aryl methyl sites for hydroxylation is 4. The minimum atomic E-state index is -0.899. The number of benzene rings is 3. The van der Waals surface area contributed by atoms with Crippen LogP contribution in [0.3, 0.4) is 0 Å². The first-order chi connectivity index (χ1) is 16.6. The van der Waals surface area contributed by atoms with E-state index in [1.165, 1.54) is 0 Å². The quantitative estimate of drug-likeness (QED) is 0.334. The molecule has 5 heteroatoms. The van der Waals surface area contributed by atoms with Crippen LogP contribution in [0.1, 0.15) is 70.9 Å². The van der Waals surface area contributed by atoms with Crippen LogP contribution in [0.5, 0.6) is 11.5 Å². The molecule has 0 aliphatic heterocycles. The molecule has 3 aromatic carbocycles. The van der Waals surface area contributed by atoms with E-state index in [9.17, 15) is 14.7 Å². The van der Waals surface area contributed by atoms with Gasteiger partial charge in [0, 0.05) is 12.0 Å². The molecular formula is C30H35NO4. The van der Waals surface area contributed by atoms with Crippen LogP contribution < -0.4 is 10.1 Å². The van der Waals surface area contributed by atoms with E-state index in [2.05, 4.69) is 31.3 Å². The van der Waals surface area contributed by atoms with E-state index in [4.69, 9.17) is 4.74 Å². The lowest BCUT2D eigenvalue weighted by Gasteiger charge is -2.23. The van der Waals surface area contributed by atoms with Crippen molar-refractivity contribution in [2.24, 2.45) is 5.92 Å². The van der Waals surface area contributed by atoms with Crippen LogP contribution in [0.15, 0.2) is 60.7 Å². The second-order valence-corrected chi connectivity index (χ2v) is 9.71. The van der Waals surface area contributed by atoms with Gasteiger partial charge >= 0.3 is 5.97 Å². The molecule has 0 aromatic heterocycles. The van der Waals surface area contributed by atoms with Gasteiger partial charge in [0.1, 0.15) is 11.5 Å². The second-order valence-electron chi connectivity index (χ2n) is 9.71. The van der Waals surface area contributed by atoms with Crippen LogP contribution in [-0.4, -0.2) is 17.0 Å². The SMILES string of the molecule is Cc1cc(C)cc(Oc2ccc(CCC(=O)O)c(C(=O)N[C@H](CC(C)C)c3cccc(C)c3)c2)c1. The molecule has 0 aliphatic rings. The predicted octanol–water partition coefficient (Wildman–Crippen LogP) is 6.94. The lowest BCUT2D eigenvalue weighted by molar-refractivity contribution is -0.136. The van der Waals surface area contributed by atoms with Gasteiger partial charge in [-0.25, -0.2) is 0 Å². The fourth-order valence-corrected chi connectivity index (χ4v) is 4.29. The third-order valence-corrected chi connectivity index (χ3v) is 5.82. The standard InChI is InChI=1S/C30H35NO4/c1-19(2)13-28(24-8-6-7-20(3)15-24)31-30(34)27-18-25(11-9-23(27)10-12-29(32)33)35-26-16-21(4)14-22(5)17-26/h6-9,11,14-19,28H,10,12-13H2,1-5H3,(H,31,34)(H,32,33)/t28-/m1/s1. The Hall–Kier alpha value is -3.60. The van der Waals surface area contributed by atoms with Crippen molar-refractivity contribution in [1.29, 1.82) is 0 Å². The Bertz CT molecular complexity index is 1180. The number of amides is 1. The van der Waals surface area contributed by atoms with Crippen LogP contribution in [0, 0.1) is 26.7 Å². The summed E-state index contributed by atoms with van der Waals surface area (Å²) in [5.74, 6) is 0.485. The van der Waals surface area contributed by atoms with Crippen LogP contribution in [0.25, 0.3) is 0 Å². The number of ether oxygens (including phenoxy) is 1. The minimum absolute atomic E-state index is 0.0507. The van der Waals surface area contributed by atoms with Gasteiger partial charge in [0.05, 0.1) is 6.04 Å². The average molecular weight is 474 g/mol. The first-order valence-corrected chi connectivity index (χ1v) is 12.1. The Labute approximate surface area is 208 Å². The van der Waals surface area contributed by atoms with Crippen molar-refractivity contribution in [3.63, 3.8) is 0 Å². The number of carbonyl (C=O) groups excluding carboxylic acids is 1. The minimum Gasteiger partial charge on any atom is -0.481 e. The Morgan fingerprint density at radius 1 is 0.886 bits per heavy atom. The molecule has 3 rings (SSSR count). The first kappa shape index (κ1) is 26.0. The molecule has 2 N–H and O–H groups in total. The molecule has 0 spiro atoms. The Balaban J connectivity index is 1.93. The summed E-state index contributed by atoms with van der Waals surface area (Å²) in [7, 11) is 0. The van der Waals surface area contributed by atoms with E-state index >= 15 is 0 Å². The highest BCUT2D eigenvalue weighted by Gasteiger charge is 2.20. The smallest absolute Gasteiger partial charge is 0.303 e. The highest BCUT2D eigenvalue weighted by atomic mass is 16.5. The number of carbonyl (C=O) groups is 2. The summed E-state index contributed by atoms with van der Waals surface area (Å²) in [5, 5.41) is 12.4. The molecule has 0 saturated heterocycles. The summed E-state index contributed by atoms with van der Waals surface area (Å²) < 4.78 is 6.09. The molecule has 184 valence electrons. The molecular weight excluding hydrogens is 438 g/mol. The number of nitrogens with one attached hydrogen (secondary N) is 1. The van der Waals surface area contributed by atoms with Crippen molar-refractivity contribution in [3.05, 3.63) is 94.0 Å². The summed E-state index contributed by atoms with van der Waals surface area (Å²) in [6.07, 6.45) is 1.00.